The van der Waals surface area contributed by atoms with Gasteiger partial charge in [0.25, 0.3) is 0 Å². The topological polar surface area (TPSA) is 43.4 Å². The summed E-state index contributed by atoms with van der Waals surface area (Å²) in [5, 5.41) is -1.68. The maximum Gasteiger partial charge on any atom is 0.440 e. The molecule has 8 heavy (non-hydrogen) atoms. The smallest absolute Gasteiger partial charge is 0.208 e. The lowest BCUT2D eigenvalue weighted by atomic mass is 11.7. The molecule has 0 heterocycles. The van der Waals surface area contributed by atoms with Crippen molar-refractivity contribution in [2.75, 3.05) is 0 Å². The Morgan fingerprint density at radius 2 is 1.88 bits per heavy atom. The zero-order valence-electron chi connectivity index (χ0n) is 3.34. The molecule has 0 saturated heterocycles. The largest absolute Gasteiger partial charge is 0.440 e. The summed E-state index contributed by atoms with van der Waals surface area (Å²) in [4.78, 5) is 0. The molecule has 0 radical (unpaired) electrons. The van der Waals surface area contributed by atoms with Gasteiger partial charge in [-0.1, -0.05) is 27.1 Å². The van der Waals surface area contributed by atoms with E-state index in [0.29, 0.717) is 0 Å². The third-order valence-corrected chi connectivity index (χ3v) is 0.999. The Kier molecular flexibility index (Phi) is 2.96. The van der Waals surface area contributed by atoms with Crippen molar-refractivity contribution in [2.45, 2.75) is 5.02 Å². The van der Waals surface area contributed by atoms with Crippen LogP contribution in [0.3, 0.4) is 0 Å². The van der Waals surface area contributed by atoms with Gasteiger partial charge >= 0.3 is 10.5 Å². The van der Waals surface area contributed by atoms with E-state index in [9.17, 15) is 12.3 Å². The van der Waals surface area contributed by atoms with E-state index in [1.165, 1.54) is 0 Å². The van der Waals surface area contributed by atoms with E-state index < -0.39 is 15.5 Å². The summed E-state index contributed by atoms with van der Waals surface area (Å²) in [6, 6.07) is 0. The predicted octanol–water partition coefficient (Wildman–Crippen LogP) is 0.979. The average molecular weight is 183 g/mol. The van der Waals surface area contributed by atoms with Gasteiger partial charge in [-0.25, -0.2) is 4.18 Å². The van der Waals surface area contributed by atoms with E-state index in [1.54, 1.807) is 0 Å². The van der Waals surface area contributed by atoms with E-state index in [2.05, 4.69) is 27.4 Å². The summed E-state index contributed by atoms with van der Waals surface area (Å²) in [7, 11) is -4.99. The standard InChI is InChI=1S/CHCl2FO3S/c2-1(3)7-8(4,5)6/h1H. The Morgan fingerprint density at radius 3 is 1.88 bits per heavy atom. The summed E-state index contributed by atoms with van der Waals surface area (Å²) < 4.78 is 33.3. The molecule has 0 bridgehead atoms. The van der Waals surface area contributed by atoms with Crippen molar-refractivity contribution in [3.8, 4) is 0 Å². The van der Waals surface area contributed by atoms with Gasteiger partial charge in [-0.2, -0.15) is 8.42 Å². The number of hydrogen-bond donors (Lipinski definition) is 0. The molecule has 3 nitrogen and oxygen atoms in total. The normalized spacial score (nSPS) is 12.5. The number of rotatable bonds is 2. The lowest BCUT2D eigenvalue weighted by Gasteiger charge is -1.93. The first-order valence-corrected chi connectivity index (χ1v) is 3.51. The van der Waals surface area contributed by atoms with Crippen LogP contribution in [0.2, 0.25) is 0 Å². The Balaban J connectivity index is 3.75. The number of halogens is 3. The first-order chi connectivity index (χ1) is 3.42. The fourth-order valence-electron chi connectivity index (χ4n) is 0.0869. The van der Waals surface area contributed by atoms with Crippen LogP contribution in [-0.4, -0.2) is 13.4 Å². The molecule has 7 heteroatoms. The maximum absolute atomic E-state index is 11.2. The van der Waals surface area contributed by atoms with Crippen LogP contribution in [0.1, 0.15) is 0 Å². The Morgan fingerprint density at radius 1 is 1.50 bits per heavy atom. The van der Waals surface area contributed by atoms with Crippen LogP contribution in [-0.2, 0) is 14.7 Å². The molecule has 0 rings (SSSR count). The van der Waals surface area contributed by atoms with Crippen molar-refractivity contribution in [3.05, 3.63) is 0 Å². The Labute approximate surface area is 55.8 Å². The Bertz CT molecular complexity index is 151. The third-order valence-electron chi connectivity index (χ3n) is 0.188. The van der Waals surface area contributed by atoms with Crippen LogP contribution in [0.15, 0.2) is 0 Å². The van der Waals surface area contributed by atoms with Crippen molar-refractivity contribution >= 4 is 33.7 Å². The molecule has 0 atom stereocenters. The van der Waals surface area contributed by atoms with Crippen LogP contribution < -0.4 is 0 Å². The van der Waals surface area contributed by atoms with Crippen molar-refractivity contribution in [2.24, 2.45) is 0 Å². The highest BCUT2D eigenvalue weighted by Gasteiger charge is 2.11. The van der Waals surface area contributed by atoms with Gasteiger partial charge in [0.1, 0.15) is 0 Å². The van der Waals surface area contributed by atoms with E-state index in [4.69, 9.17) is 0 Å². The van der Waals surface area contributed by atoms with Gasteiger partial charge in [-0.05, 0) is 0 Å². The van der Waals surface area contributed by atoms with Gasteiger partial charge in [-0.3, -0.25) is 0 Å². The molecule has 0 aromatic rings. The van der Waals surface area contributed by atoms with Crippen LogP contribution in [0.5, 0.6) is 0 Å². The summed E-state index contributed by atoms with van der Waals surface area (Å²) in [6.45, 7) is 0. The van der Waals surface area contributed by atoms with Crippen molar-refractivity contribution in [3.63, 3.8) is 0 Å². The fraction of sp³-hybridized carbons (Fsp3) is 1.00. The highest BCUT2D eigenvalue weighted by atomic mass is 35.5. The molecule has 0 aliphatic heterocycles. The minimum atomic E-state index is -4.99. The molecule has 0 spiro atoms. The maximum atomic E-state index is 11.2. The minimum Gasteiger partial charge on any atom is -0.208 e. The quantitative estimate of drug-likeness (QED) is 0.473. The van der Waals surface area contributed by atoms with Gasteiger partial charge in [0.2, 0.25) is 5.02 Å². The van der Waals surface area contributed by atoms with Crippen LogP contribution in [0.25, 0.3) is 0 Å². The zero-order valence-corrected chi connectivity index (χ0v) is 5.67. The van der Waals surface area contributed by atoms with E-state index in [-0.39, 0.29) is 0 Å². The second-order valence-corrected chi connectivity index (χ2v) is 2.74. The molecule has 0 aliphatic rings. The average Bonchev–Trinajstić information content (AvgIpc) is 1.21. The highest BCUT2D eigenvalue weighted by molar-refractivity contribution is 7.81. The van der Waals surface area contributed by atoms with E-state index in [1.807, 2.05) is 0 Å². The molecule has 0 aliphatic carbocycles. The predicted molar refractivity (Wildman–Crippen MR) is 26.6 cm³/mol. The molecule has 0 unspecified atom stereocenters. The first kappa shape index (κ1) is 8.42. The van der Waals surface area contributed by atoms with Crippen molar-refractivity contribution in [1.82, 2.24) is 0 Å². The molecular formula is CHCl2FO3S. The van der Waals surface area contributed by atoms with Gasteiger partial charge < -0.3 is 0 Å². The lowest BCUT2D eigenvalue weighted by Crippen LogP contribution is -2.01. The second kappa shape index (κ2) is 2.82. The summed E-state index contributed by atoms with van der Waals surface area (Å²) >= 11 is 9.37. The third kappa shape index (κ3) is 6.42. The summed E-state index contributed by atoms with van der Waals surface area (Å²) in [6.07, 6.45) is 0. The van der Waals surface area contributed by atoms with Gasteiger partial charge in [0, 0.05) is 0 Å². The van der Waals surface area contributed by atoms with E-state index in [0.717, 1.165) is 0 Å². The summed E-state index contributed by atoms with van der Waals surface area (Å²) in [5.74, 6) is 0. The second-order valence-electron chi connectivity index (χ2n) is 0.750. The minimum absolute atomic E-state index is 1.68. The van der Waals surface area contributed by atoms with Crippen LogP contribution in [0, 0.1) is 0 Å². The molecule has 0 aromatic carbocycles. The van der Waals surface area contributed by atoms with Gasteiger partial charge in [0.15, 0.2) is 0 Å². The molecule has 50 valence electrons. The van der Waals surface area contributed by atoms with Gasteiger partial charge in [0.05, 0.1) is 0 Å². The fourth-order valence-corrected chi connectivity index (χ4v) is 0.782. The molecular weight excluding hydrogens is 182 g/mol. The Hall–Kier alpha value is 0.420. The highest BCUT2D eigenvalue weighted by Crippen LogP contribution is 2.08. The summed E-state index contributed by atoms with van der Waals surface area (Å²) in [5.41, 5.74) is 0. The monoisotopic (exact) mass is 182 g/mol. The zero-order chi connectivity index (χ0) is 6.78. The lowest BCUT2D eigenvalue weighted by molar-refractivity contribution is 0.321. The first-order valence-electron chi connectivity index (χ1n) is 1.33. The number of hydrogen-bond acceptors (Lipinski definition) is 3. The molecule has 0 amide bonds. The van der Waals surface area contributed by atoms with E-state index >= 15 is 0 Å². The van der Waals surface area contributed by atoms with Crippen molar-refractivity contribution in [1.29, 1.82) is 0 Å². The van der Waals surface area contributed by atoms with Crippen LogP contribution >= 0.6 is 23.2 Å². The SMILES string of the molecule is O=S(=O)(F)OC(Cl)Cl. The van der Waals surface area contributed by atoms with Crippen LogP contribution in [0.4, 0.5) is 3.89 Å². The molecule has 0 N–H and O–H groups in total. The van der Waals surface area contributed by atoms with Crippen molar-refractivity contribution < 1.29 is 16.5 Å². The van der Waals surface area contributed by atoms with Gasteiger partial charge in [-0.15, -0.1) is 0 Å². The molecule has 0 fully saturated rings. The molecule has 0 aromatic heterocycles. The molecule has 0 saturated carbocycles. The number of alkyl halides is 2.